The van der Waals surface area contributed by atoms with Crippen molar-refractivity contribution in [2.24, 2.45) is 29.4 Å². The molecule has 0 aliphatic heterocycles. The third kappa shape index (κ3) is 1.83. The lowest BCUT2D eigenvalue weighted by Gasteiger charge is -2.13. The molecule has 3 fully saturated rings. The summed E-state index contributed by atoms with van der Waals surface area (Å²) in [6.07, 6.45) is 4.43. The Hall–Kier alpha value is -0.610. The molecule has 3 aliphatic carbocycles. The van der Waals surface area contributed by atoms with E-state index in [-0.39, 0.29) is 0 Å². The third-order valence-corrected chi connectivity index (χ3v) is 6.18. The van der Waals surface area contributed by atoms with Gasteiger partial charge in [0.1, 0.15) is 4.99 Å². The molecule has 0 heterocycles. The van der Waals surface area contributed by atoms with Crippen molar-refractivity contribution in [1.29, 1.82) is 0 Å². The van der Waals surface area contributed by atoms with E-state index in [1.165, 1.54) is 24.9 Å². The quantitative estimate of drug-likeness (QED) is 0.829. The van der Waals surface area contributed by atoms with Gasteiger partial charge in [-0.3, -0.25) is 0 Å². The van der Waals surface area contributed by atoms with Gasteiger partial charge >= 0.3 is 0 Å². The van der Waals surface area contributed by atoms with E-state index in [1.807, 2.05) is 6.07 Å². The van der Waals surface area contributed by atoms with Crippen LogP contribution in [-0.4, -0.2) is 11.0 Å². The summed E-state index contributed by atoms with van der Waals surface area (Å²) in [5.74, 6) is 3.92. The first kappa shape index (κ1) is 12.2. The summed E-state index contributed by atoms with van der Waals surface area (Å²) in [7, 11) is 0. The smallest absolute Gasteiger partial charge is 0.105 e. The molecule has 100 valence electrons. The topological polar surface area (TPSA) is 38.0 Å². The van der Waals surface area contributed by atoms with Gasteiger partial charge in [-0.05, 0) is 77.1 Å². The van der Waals surface area contributed by atoms with Gasteiger partial charge in [0.25, 0.3) is 0 Å². The Morgan fingerprint density at radius 3 is 2.53 bits per heavy atom. The molecule has 0 spiro atoms. The van der Waals surface area contributed by atoms with E-state index >= 15 is 0 Å². The Morgan fingerprint density at radius 1 is 1.26 bits per heavy atom. The highest BCUT2D eigenvalue weighted by molar-refractivity contribution is 9.10. The van der Waals surface area contributed by atoms with E-state index in [4.69, 9.17) is 18.0 Å². The van der Waals surface area contributed by atoms with Crippen LogP contribution in [0.25, 0.3) is 0 Å². The van der Waals surface area contributed by atoms with Crippen molar-refractivity contribution in [2.45, 2.75) is 25.3 Å². The second-order valence-corrected chi connectivity index (χ2v) is 7.51. The second-order valence-electron chi connectivity index (χ2n) is 6.22. The van der Waals surface area contributed by atoms with E-state index in [9.17, 15) is 0 Å². The molecule has 0 saturated heterocycles. The fourth-order valence-electron chi connectivity index (χ4n) is 4.52. The van der Waals surface area contributed by atoms with Gasteiger partial charge in [0.2, 0.25) is 0 Å². The van der Waals surface area contributed by atoms with Crippen molar-refractivity contribution < 1.29 is 0 Å². The van der Waals surface area contributed by atoms with Crippen LogP contribution in [0.15, 0.2) is 22.7 Å². The number of nitrogens with one attached hydrogen (secondary N) is 1. The number of rotatable bonds is 3. The molecule has 1 aromatic rings. The Kier molecular flexibility index (Phi) is 2.68. The average molecular weight is 337 g/mol. The van der Waals surface area contributed by atoms with Gasteiger partial charge < -0.3 is 11.1 Å². The third-order valence-electron chi connectivity index (χ3n) is 5.30. The first-order valence-electron chi connectivity index (χ1n) is 7.01. The Bertz CT molecular complexity index is 543. The van der Waals surface area contributed by atoms with Crippen molar-refractivity contribution in [1.82, 2.24) is 0 Å². The lowest BCUT2D eigenvalue weighted by atomic mass is 10.0. The molecular weight excluding hydrogens is 320 g/mol. The van der Waals surface area contributed by atoms with E-state index < -0.39 is 0 Å². The van der Waals surface area contributed by atoms with Gasteiger partial charge in [-0.2, -0.15) is 0 Å². The van der Waals surface area contributed by atoms with Crippen molar-refractivity contribution in [2.75, 3.05) is 5.32 Å². The predicted octanol–water partition coefficient (Wildman–Crippen LogP) is 3.54. The SMILES string of the molecule is NC(=S)c1ccc(NC2C3C4CCC(C4)C23)cc1Br. The Morgan fingerprint density at radius 2 is 1.95 bits per heavy atom. The van der Waals surface area contributed by atoms with Crippen molar-refractivity contribution in [3.63, 3.8) is 0 Å². The maximum absolute atomic E-state index is 5.68. The summed E-state index contributed by atoms with van der Waals surface area (Å²) < 4.78 is 0.985. The summed E-state index contributed by atoms with van der Waals surface area (Å²) in [6.45, 7) is 0. The van der Waals surface area contributed by atoms with Crippen LogP contribution >= 0.6 is 28.1 Å². The Balaban J connectivity index is 1.50. The number of benzene rings is 1. The molecule has 3 aliphatic rings. The molecule has 3 saturated carbocycles. The van der Waals surface area contributed by atoms with Crippen LogP contribution in [-0.2, 0) is 0 Å². The number of hydrogen-bond donors (Lipinski definition) is 2. The van der Waals surface area contributed by atoms with Gasteiger partial charge in [0.15, 0.2) is 0 Å². The number of halogens is 1. The molecule has 0 radical (unpaired) electrons. The van der Waals surface area contributed by atoms with Crippen LogP contribution in [0.1, 0.15) is 24.8 Å². The van der Waals surface area contributed by atoms with Crippen LogP contribution < -0.4 is 11.1 Å². The summed E-state index contributed by atoms with van der Waals surface area (Å²) in [4.78, 5) is 0.444. The zero-order valence-corrected chi connectivity index (χ0v) is 13.0. The monoisotopic (exact) mass is 336 g/mol. The maximum atomic E-state index is 5.68. The first-order valence-corrected chi connectivity index (χ1v) is 8.21. The highest BCUT2D eigenvalue weighted by Gasteiger charge is 2.64. The zero-order valence-electron chi connectivity index (χ0n) is 10.6. The number of anilines is 1. The van der Waals surface area contributed by atoms with Crippen LogP contribution in [0.5, 0.6) is 0 Å². The molecule has 19 heavy (non-hydrogen) atoms. The minimum Gasteiger partial charge on any atom is -0.389 e. The standard InChI is InChI=1S/C15H17BrN2S/c16-11-6-9(3-4-10(11)15(17)19)18-14-12-7-1-2-8(5-7)13(12)14/h3-4,6-8,12-14,18H,1-2,5H2,(H2,17,19). The van der Waals surface area contributed by atoms with E-state index in [0.717, 1.165) is 33.7 Å². The highest BCUT2D eigenvalue weighted by Crippen LogP contribution is 2.66. The minimum absolute atomic E-state index is 0.444. The molecular formula is C15H17BrN2S. The van der Waals surface area contributed by atoms with Crippen molar-refractivity contribution >= 4 is 38.8 Å². The molecule has 2 bridgehead atoms. The molecule has 4 rings (SSSR count). The summed E-state index contributed by atoms with van der Waals surface area (Å²) in [5.41, 5.74) is 7.78. The van der Waals surface area contributed by atoms with Gasteiger partial charge in [0.05, 0.1) is 0 Å². The maximum Gasteiger partial charge on any atom is 0.105 e. The van der Waals surface area contributed by atoms with Gasteiger partial charge in [-0.25, -0.2) is 0 Å². The minimum atomic E-state index is 0.444. The van der Waals surface area contributed by atoms with Crippen LogP contribution in [0.2, 0.25) is 0 Å². The summed E-state index contributed by atoms with van der Waals surface area (Å²) in [5, 5.41) is 3.71. The van der Waals surface area contributed by atoms with E-state index in [0.29, 0.717) is 11.0 Å². The van der Waals surface area contributed by atoms with Crippen LogP contribution in [0.3, 0.4) is 0 Å². The summed E-state index contributed by atoms with van der Waals surface area (Å²) in [6, 6.07) is 6.91. The lowest BCUT2D eigenvalue weighted by Crippen LogP contribution is -2.14. The molecule has 0 amide bonds. The number of nitrogens with two attached hydrogens (primary N) is 1. The summed E-state index contributed by atoms with van der Waals surface area (Å²) >= 11 is 8.57. The molecule has 4 unspecified atom stereocenters. The fraction of sp³-hybridized carbons (Fsp3) is 0.533. The molecule has 2 nitrogen and oxygen atoms in total. The number of thiocarbonyl (C=S) groups is 1. The second kappa shape index (κ2) is 4.19. The molecule has 4 heteroatoms. The van der Waals surface area contributed by atoms with Gasteiger partial charge in [-0.1, -0.05) is 12.2 Å². The zero-order chi connectivity index (χ0) is 13.1. The van der Waals surface area contributed by atoms with Gasteiger partial charge in [-0.15, -0.1) is 0 Å². The van der Waals surface area contributed by atoms with Crippen molar-refractivity contribution in [3.8, 4) is 0 Å². The lowest BCUT2D eigenvalue weighted by molar-refractivity contribution is 0.456. The highest BCUT2D eigenvalue weighted by atomic mass is 79.9. The number of hydrogen-bond acceptors (Lipinski definition) is 2. The molecule has 4 atom stereocenters. The van der Waals surface area contributed by atoms with Crippen LogP contribution in [0.4, 0.5) is 5.69 Å². The first-order chi connectivity index (χ1) is 9.15. The largest absolute Gasteiger partial charge is 0.389 e. The van der Waals surface area contributed by atoms with E-state index in [2.05, 4.69) is 33.4 Å². The van der Waals surface area contributed by atoms with Gasteiger partial charge in [0, 0.05) is 21.8 Å². The predicted molar refractivity (Wildman–Crippen MR) is 85.3 cm³/mol. The molecule has 3 N–H and O–H groups in total. The normalized spacial score (nSPS) is 38.1. The van der Waals surface area contributed by atoms with Crippen molar-refractivity contribution in [3.05, 3.63) is 28.2 Å². The number of fused-ring (bicyclic) bond motifs is 5. The van der Waals surface area contributed by atoms with E-state index in [1.54, 1.807) is 0 Å². The fourth-order valence-corrected chi connectivity index (χ4v) is 5.42. The average Bonchev–Trinajstić information content (AvgIpc) is 2.78. The Labute approximate surface area is 127 Å². The van der Waals surface area contributed by atoms with Crippen LogP contribution in [0, 0.1) is 23.7 Å². The molecule has 1 aromatic carbocycles. The molecule has 0 aromatic heterocycles.